The zero-order valence-corrected chi connectivity index (χ0v) is 7.97. The summed E-state index contributed by atoms with van der Waals surface area (Å²) in [5, 5.41) is 3.08. The SMILES string of the molecule is CCCNc1cccc(OC(F)F)c1. The summed E-state index contributed by atoms with van der Waals surface area (Å²) in [6, 6.07) is 6.55. The van der Waals surface area contributed by atoms with E-state index >= 15 is 0 Å². The van der Waals surface area contributed by atoms with Crippen LogP contribution in [0.2, 0.25) is 0 Å². The fourth-order valence-electron chi connectivity index (χ4n) is 1.05. The topological polar surface area (TPSA) is 21.3 Å². The van der Waals surface area contributed by atoms with Crippen molar-refractivity contribution in [3.05, 3.63) is 24.3 Å². The molecule has 0 atom stereocenters. The zero-order chi connectivity index (χ0) is 10.4. The fourth-order valence-corrected chi connectivity index (χ4v) is 1.05. The molecular formula is C10H13F2NO. The van der Waals surface area contributed by atoms with Gasteiger partial charge >= 0.3 is 6.61 Å². The van der Waals surface area contributed by atoms with Crippen LogP contribution in [0.1, 0.15) is 13.3 Å². The molecule has 4 heteroatoms. The maximum absolute atomic E-state index is 11.9. The number of ether oxygens (including phenoxy) is 1. The van der Waals surface area contributed by atoms with Crippen LogP contribution in [0.15, 0.2) is 24.3 Å². The molecule has 2 nitrogen and oxygen atoms in total. The normalized spacial score (nSPS) is 10.3. The summed E-state index contributed by atoms with van der Waals surface area (Å²) in [6.07, 6.45) is 0.986. The molecule has 14 heavy (non-hydrogen) atoms. The van der Waals surface area contributed by atoms with E-state index in [0.29, 0.717) is 0 Å². The van der Waals surface area contributed by atoms with Crippen molar-refractivity contribution in [3.8, 4) is 5.75 Å². The van der Waals surface area contributed by atoms with Crippen LogP contribution < -0.4 is 10.1 Å². The number of halogens is 2. The number of rotatable bonds is 5. The van der Waals surface area contributed by atoms with Crippen molar-refractivity contribution in [2.75, 3.05) is 11.9 Å². The first-order valence-electron chi connectivity index (χ1n) is 4.51. The smallest absolute Gasteiger partial charge is 0.387 e. The van der Waals surface area contributed by atoms with Gasteiger partial charge in [-0.2, -0.15) is 8.78 Å². The maximum Gasteiger partial charge on any atom is 0.387 e. The Morgan fingerprint density at radius 1 is 1.43 bits per heavy atom. The highest BCUT2D eigenvalue weighted by atomic mass is 19.3. The van der Waals surface area contributed by atoms with E-state index in [9.17, 15) is 8.78 Å². The molecule has 0 aromatic heterocycles. The Kier molecular flexibility index (Phi) is 4.16. The van der Waals surface area contributed by atoms with E-state index in [4.69, 9.17) is 0 Å². The molecule has 0 bridgehead atoms. The Labute approximate surface area is 81.9 Å². The van der Waals surface area contributed by atoms with Gasteiger partial charge in [0.15, 0.2) is 0 Å². The summed E-state index contributed by atoms with van der Waals surface area (Å²) in [4.78, 5) is 0. The van der Waals surface area contributed by atoms with Crippen LogP contribution in [0.5, 0.6) is 5.75 Å². The van der Waals surface area contributed by atoms with Crippen LogP contribution in [0.4, 0.5) is 14.5 Å². The molecule has 0 aliphatic rings. The van der Waals surface area contributed by atoms with E-state index in [1.54, 1.807) is 12.1 Å². The Hall–Kier alpha value is -1.32. The molecule has 0 amide bonds. The van der Waals surface area contributed by atoms with E-state index < -0.39 is 6.61 Å². The van der Waals surface area contributed by atoms with Crippen molar-refractivity contribution in [1.82, 2.24) is 0 Å². The third-order valence-corrected chi connectivity index (χ3v) is 1.64. The number of benzene rings is 1. The Morgan fingerprint density at radius 2 is 2.21 bits per heavy atom. The molecule has 0 aliphatic carbocycles. The molecule has 1 N–H and O–H groups in total. The predicted molar refractivity (Wildman–Crippen MR) is 51.9 cm³/mol. The van der Waals surface area contributed by atoms with Gasteiger partial charge < -0.3 is 10.1 Å². The summed E-state index contributed by atoms with van der Waals surface area (Å²) in [5.74, 6) is 0.182. The second-order valence-electron chi connectivity index (χ2n) is 2.83. The molecule has 0 aliphatic heterocycles. The number of nitrogens with one attached hydrogen (secondary N) is 1. The lowest BCUT2D eigenvalue weighted by molar-refractivity contribution is -0.0498. The van der Waals surface area contributed by atoms with Crippen LogP contribution in [0, 0.1) is 0 Å². The van der Waals surface area contributed by atoms with Gasteiger partial charge in [-0.25, -0.2) is 0 Å². The summed E-state index contributed by atoms with van der Waals surface area (Å²) in [6.45, 7) is 0.0846. The monoisotopic (exact) mass is 201 g/mol. The Balaban J connectivity index is 2.59. The maximum atomic E-state index is 11.9. The summed E-state index contributed by atoms with van der Waals surface area (Å²) in [7, 11) is 0. The van der Waals surface area contributed by atoms with Crippen molar-refractivity contribution in [1.29, 1.82) is 0 Å². The van der Waals surface area contributed by atoms with Crippen LogP contribution in [0.3, 0.4) is 0 Å². The Morgan fingerprint density at radius 3 is 2.86 bits per heavy atom. The minimum absolute atomic E-state index is 0.182. The molecule has 1 aromatic rings. The molecule has 78 valence electrons. The summed E-state index contributed by atoms with van der Waals surface area (Å²) in [5.41, 5.74) is 0.796. The van der Waals surface area contributed by atoms with E-state index in [-0.39, 0.29) is 5.75 Å². The van der Waals surface area contributed by atoms with Crippen molar-refractivity contribution in [3.63, 3.8) is 0 Å². The van der Waals surface area contributed by atoms with Crippen LogP contribution in [0.25, 0.3) is 0 Å². The second-order valence-corrected chi connectivity index (χ2v) is 2.83. The van der Waals surface area contributed by atoms with Crippen molar-refractivity contribution in [2.24, 2.45) is 0 Å². The Bertz CT molecular complexity index is 279. The average Bonchev–Trinajstić information content (AvgIpc) is 2.14. The number of hydrogen-bond donors (Lipinski definition) is 1. The number of anilines is 1. The fraction of sp³-hybridized carbons (Fsp3) is 0.400. The van der Waals surface area contributed by atoms with Crippen molar-refractivity contribution in [2.45, 2.75) is 20.0 Å². The van der Waals surface area contributed by atoms with Gasteiger partial charge in [-0.15, -0.1) is 0 Å². The number of alkyl halides is 2. The van der Waals surface area contributed by atoms with E-state index in [1.165, 1.54) is 6.07 Å². The zero-order valence-electron chi connectivity index (χ0n) is 7.97. The van der Waals surface area contributed by atoms with E-state index in [2.05, 4.69) is 10.1 Å². The van der Waals surface area contributed by atoms with Crippen LogP contribution >= 0.6 is 0 Å². The first-order valence-corrected chi connectivity index (χ1v) is 4.51. The van der Waals surface area contributed by atoms with Crippen molar-refractivity contribution < 1.29 is 13.5 Å². The third-order valence-electron chi connectivity index (χ3n) is 1.64. The minimum atomic E-state index is -2.77. The van der Waals surface area contributed by atoms with Gasteiger partial charge in [0.25, 0.3) is 0 Å². The van der Waals surface area contributed by atoms with Gasteiger partial charge in [0.1, 0.15) is 5.75 Å². The quantitative estimate of drug-likeness (QED) is 0.790. The third kappa shape index (κ3) is 3.60. The summed E-state index contributed by atoms with van der Waals surface area (Å²) < 4.78 is 28.0. The van der Waals surface area contributed by atoms with Gasteiger partial charge in [0, 0.05) is 18.3 Å². The molecule has 0 radical (unpaired) electrons. The highest BCUT2D eigenvalue weighted by Gasteiger charge is 2.03. The molecule has 0 heterocycles. The molecular weight excluding hydrogens is 188 g/mol. The lowest BCUT2D eigenvalue weighted by Gasteiger charge is -2.07. The first-order chi connectivity index (χ1) is 6.72. The van der Waals surface area contributed by atoms with E-state index in [0.717, 1.165) is 18.7 Å². The standard InChI is InChI=1S/C10H13F2NO/c1-2-6-13-8-4-3-5-9(7-8)14-10(11)12/h3-5,7,10,13H,2,6H2,1H3. The molecule has 0 fully saturated rings. The van der Waals surface area contributed by atoms with Gasteiger partial charge in [0.2, 0.25) is 0 Å². The average molecular weight is 201 g/mol. The van der Waals surface area contributed by atoms with Gasteiger partial charge in [-0.1, -0.05) is 13.0 Å². The number of hydrogen-bond acceptors (Lipinski definition) is 2. The van der Waals surface area contributed by atoms with Gasteiger partial charge in [-0.3, -0.25) is 0 Å². The molecule has 0 saturated carbocycles. The van der Waals surface area contributed by atoms with Crippen LogP contribution in [-0.2, 0) is 0 Å². The van der Waals surface area contributed by atoms with Crippen molar-refractivity contribution >= 4 is 5.69 Å². The highest BCUT2D eigenvalue weighted by Crippen LogP contribution is 2.18. The molecule has 0 saturated heterocycles. The van der Waals surface area contributed by atoms with Gasteiger partial charge in [-0.05, 0) is 18.6 Å². The van der Waals surface area contributed by atoms with E-state index in [1.807, 2.05) is 13.0 Å². The minimum Gasteiger partial charge on any atom is -0.435 e. The van der Waals surface area contributed by atoms with Crippen LogP contribution in [-0.4, -0.2) is 13.2 Å². The molecule has 1 aromatic carbocycles. The lowest BCUT2D eigenvalue weighted by Crippen LogP contribution is -2.03. The van der Waals surface area contributed by atoms with Gasteiger partial charge in [0.05, 0.1) is 0 Å². The molecule has 0 spiro atoms. The first kappa shape index (κ1) is 10.8. The molecule has 0 unspecified atom stereocenters. The lowest BCUT2D eigenvalue weighted by atomic mass is 10.3. The predicted octanol–water partition coefficient (Wildman–Crippen LogP) is 3.11. The summed E-state index contributed by atoms with van der Waals surface area (Å²) >= 11 is 0. The second kappa shape index (κ2) is 5.42. The largest absolute Gasteiger partial charge is 0.435 e. The highest BCUT2D eigenvalue weighted by molar-refractivity contribution is 5.48. The molecule has 1 rings (SSSR count).